The summed E-state index contributed by atoms with van der Waals surface area (Å²) >= 11 is 1.45. The number of anilines is 1. The number of thiazole rings is 1. The molecule has 1 aliphatic rings. The number of nitrogens with one attached hydrogen (secondary N) is 1. The van der Waals surface area contributed by atoms with Crippen molar-refractivity contribution in [1.82, 2.24) is 9.88 Å². The Hall–Kier alpha value is -2.73. The first-order valence-corrected chi connectivity index (χ1v) is 9.96. The summed E-state index contributed by atoms with van der Waals surface area (Å²) in [5.41, 5.74) is 2.81. The van der Waals surface area contributed by atoms with Crippen LogP contribution in [0.4, 0.5) is 5.13 Å². The van der Waals surface area contributed by atoms with Crippen molar-refractivity contribution in [2.75, 3.05) is 11.9 Å². The summed E-state index contributed by atoms with van der Waals surface area (Å²) in [6, 6.07) is 14.9. The van der Waals surface area contributed by atoms with Crippen molar-refractivity contribution in [1.29, 1.82) is 0 Å². The zero-order chi connectivity index (χ0) is 18.8. The Kier molecular flexibility index (Phi) is 4.90. The zero-order valence-electron chi connectivity index (χ0n) is 15.1. The second-order valence-electron chi connectivity index (χ2n) is 6.79. The Labute approximate surface area is 162 Å². The van der Waals surface area contributed by atoms with E-state index in [-0.39, 0.29) is 11.8 Å². The molecule has 138 valence electrons. The number of benzene rings is 2. The highest BCUT2D eigenvalue weighted by Gasteiger charge is 2.33. The van der Waals surface area contributed by atoms with Crippen LogP contribution in [0.1, 0.15) is 36.4 Å². The van der Waals surface area contributed by atoms with Gasteiger partial charge in [0.2, 0.25) is 5.91 Å². The van der Waals surface area contributed by atoms with Crippen LogP contribution >= 0.6 is 11.3 Å². The summed E-state index contributed by atoms with van der Waals surface area (Å²) in [7, 11) is 0. The van der Waals surface area contributed by atoms with Crippen LogP contribution in [0.25, 0.3) is 10.2 Å². The van der Waals surface area contributed by atoms with Crippen LogP contribution in [0.2, 0.25) is 0 Å². The highest BCUT2D eigenvalue weighted by molar-refractivity contribution is 7.22. The number of carbonyl (C=O) groups is 2. The largest absolute Gasteiger partial charge is 0.327 e. The molecule has 0 bridgehead atoms. The Balaban J connectivity index is 1.65. The monoisotopic (exact) mass is 379 g/mol. The average molecular weight is 379 g/mol. The van der Waals surface area contributed by atoms with Crippen molar-refractivity contribution in [3.05, 3.63) is 59.7 Å². The summed E-state index contributed by atoms with van der Waals surface area (Å²) < 4.78 is 1.04. The van der Waals surface area contributed by atoms with Crippen LogP contribution in [0.15, 0.2) is 48.5 Å². The van der Waals surface area contributed by atoms with Gasteiger partial charge in [-0.3, -0.25) is 14.9 Å². The summed E-state index contributed by atoms with van der Waals surface area (Å²) in [5, 5.41) is 3.51. The quantitative estimate of drug-likeness (QED) is 0.735. The molecule has 1 unspecified atom stereocenters. The molecule has 1 saturated heterocycles. The van der Waals surface area contributed by atoms with E-state index in [1.165, 1.54) is 11.3 Å². The third-order valence-corrected chi connectivity index (χ3v) is 5.82. The molecule has 2 heterocycles. The van der Waals surface area contributed by atoms with Gasteiger partial charge in [-0.1, -0.05) is 53.8 Å². The molecule has 1 aromatic heterocycles. The number of aryl methyl sites for hydroxylation is 1. The molecule has 1 aliphatic heterocycles. The second-order valence-corrected chi connectivity index (χ2v) is 7.82. The fourth-order valence-electron chi connectivity index (χ4n) is 3.52. The molecule has 1 N–H and O–H groups in total. The number of para-hydroxylation sites is 1. The van der Waals surface area contributed by atoms with Gasteiger partial charge in [-0.15, -0.1) is 0 Å². The van der Waals surface area contributed by atoms with Crippen molar-refractivity contribution < 1.29 is 9.59 Å². The standard InChI is InChI=1S/C21H21N3O2S/c1-14-8-7-11-16-18(14)22-21(27-16)23-20(26)19(15-9-3-2-4-10-15)24-13-6-5-12-17(24)25/h2-4,7-11,19H,5-6,12-13H2,1H3,(H,22,23,26). The normalized spacial score (nSPS) is 15.7. The lowest BCUT2D eigenvalue weighted by molar-refractivity contribution is -0.141. The number of carbonyl (C=O) groups excluding carboxylic acids is 2. The zero-order valence-corrected chi connectivity index (χ0v) is 16.0. The minimum Gasteiger partial charge on any atom is -0.327 e. The average Bonchev–Trinajstić information content (AvgIpc) is 3.08. The SMILES string of the molecule is Cc1cccc2sc(NC(=O)C(c3ccccc3)N3CCCCC3=O)nc12. The first-order valence-electron chi connectivity index (χ1n) is 9.15. The molecule has 5 nitrogen and oxygen atoms in total. The van der Waals surface area contributed by atoms with E-state index >= 15 is 0 Å². The van der Waals surface area contributed by atoms with Crippen molar-refractivity contribution in [3.63, 3.8) is 0 Å². The lowest BCUT2D eigenvalue weighted by Gasteiger charge is -2.33. The van der Waals surface area contributed by atoms with Gasteiger partial charge >= 0.3 is 0 Å². The van der Waals surface area contributed by atoms with Crippen molar-refractivity contribution in [2.24, 2.45) is 0 Å². The molecular formula is C21H21N3O2S. The molecular weight excluding hydrogens is 358 g/mol. The van der Waals surface area contributed by atoms with Crippen molar-refractivity contribution >= 4 is 38.5 Å². The van der Waals surface area contributed by atoms with Gasteiger partial charge in [0.15, 0.2) is 5.13 Å². The number of hydrogen-bond donors (Lipinski definition) is 1. The van der Waals surface area contributed by atoms with Gasteiger partial charge < -0.3 is 4.90 Å². The van der Waals surface area contributed by atoms with E-state index < -0.39 is 6.04 Å². The van der Waals surface area contributed by atoms with E-state index in [0.29, 0.717) is 18.1 Å². The number of fused-ring (bicyclic) bond motifs is 1. The fourth-order valence-corrected chi connectivity index (χ4v) is 4.47. The number of hydrogen-bond acceptors (Lipinski definition) is 4. The lowest BCUT2D eigenvalue weighted by Crippen LogP contribution is -2.43. The van der Waals surface area contributed by atoms with E-state index in [2.05, 4.69) is 10.3 Å². The molecule has 0 saturated carbocycles. The number of nitrogens with zero attached hydrogens (tertiary/aromatic N) is 2. The highest BCUT2D eigenvalue weighted by atomic mass is 32.1. The van der Waals surface area contributed by atoms with E-state index in [0.717, 1.165) is 34.2 Å². The van der Waals surface area contributed by atoms with Gasteiger partial charge in [0, 0.05) is 13.0 Å². The summed E-state index contributed by atoms with van der Waals surface area (Å²) in [6.07, 6.45) is 2.30. The van der Waals surface area contributed by atoms with Gasteiger partial charge in [0.25, 0.3) is 5.91 Å². The summed E-state index contributed by atoms with van der Waals surface area (Å²) in [5.74, 6) is -0.182. The molecule has 4 rings (SSSR count). The van der Waals surface area contributed by atoms with Crippen molar-refractivity contribution in [2.45, 2.75) is 32.2 Å². The van der Waals surface area contributed by atoms with Crippen LogP contribution in [-0.2, 0) is 9.59 Å². The van der Waals surface area contributed by atoms with Gasteiger partial charge in [0.05, 0.1) is 10.2 Å². The van der Waals surface area contributed by atoms with Gasteiger partial charge in [0.1, 0.15) is 6.04 Å². The molecule has 2 amide bonds. The Morgan fingerprint density at radius 1 is 1.15 bits per heavy atom. The smallest absolute Gasteiger partial charge is 0.253 e. The predicted molar refractivity (Wildman–Crippen MR) is 108 cm³/mol. The number of amides is 2. The van der Waals surface area contributed by atoms with Crippen LogP contribution in [0.5, 0.6) is 0 Å². The van der Waals surface area contributed by atoms with Crippen LogP contribution in [-0.4, -0.2) is 28.2 Å². The van der Waals surface area contributed by atoms with E-state index in [4.69, 9.17) is 0 Å². The fraction of sp³-hybridized carbons (Fsp3) is 0.286. The van der Waals surface area contributed by atoms with Crippen LogP contribution < -0.4 is 5.32 Å². The molecule has 0 aliphatic carbocycles. The summed E-state index contributed by atoms with van der Waals surface area (Å²) in [4.78, 5) is 31.9. The molecule has 3 aromatic rings. The Morgan fingerprint density at radius 2 is 1.96 bits per heavy atom. The first kappa shape index (κ1) is 17.7. The van der Waals surface area contributed by atoms with Gasteiger partial charge in [-0.05, 0) is 37.0 Å². The molecule has 27 heavy (non-hydrogen) atoms. The minimum absolute atomic E-state index is 0.0328. The van der Waals surface area contributed by atoms with E-state index in [1.807, 2.05) is 55.5 Å². The first-order chi connectivity index (χ1) is 13.1. The maximum atomic E-state index is 13.2. The molecule has 0 radical (unpaired) electrons. The predicted octanol–water partition coefficient (Wildman–Crippen LogP) is 4.30. The van der Waals surface area contributed by atoms with E-state index in [9.17, 15) is 9.59 Å². The number of piperidine rings is 1. The maximum absolute atomic E-state index is 13.2. The Morgan fingerprint density at radius 3 is 2.70 bits per heavy atom. The van der Waals surface area contributed by atoms with Gasteiger partial charge in [-0.25, -0.2) is 4.98 Å². The number of rotatable bonds is 4. The highest BCUT2D eigenvalue weighted by Crippen LogP contribution is 2.31. The summed E-state index contributed by atoms with van der Waals surface area (Å²) in [6.45, 7) is 2.61. The molecule has 1 fully saturated rings. The maximum Gasteiger partial charge on any atom is 0.253 e. The molecule has 2 aromatic carbocycles. The molecule has 0 spiro atoms. The minimum atomic E-state index is -0.632. The Bertz CT molecular complexity index is 984. The number of likely N-dealkylation sites (tertiary alicyclic amines) is 1. The van der Waals surface area contributed by atoms with E-state index in [1.54, 1.807) is 4.90 Å². The molecule has 6 heteroatoms. The van der Waals surface area contributed by atoms with Crippen LogP contribution in [0.3, 0.4) is 0 Å². The third kappa shape index (κ3) is 3.57. The number of aromatic nitrogens is 1. The van der Waals surface area contributed by atoms with Crippen LogP contribution in [0, 0.1) is 6.92 Å². The van der Waals surface area contributed by atoms with Gasteiger partial charge in [-0.2, -0.15) is 0 Å². The lowest BCUT2D eigenvalue weighted by atomic mass is 10.0. The topological polar surface area (TPSA) is 62.3 Å². The third-order valence-electron chi connectivity index (χ3n) is 4.89. The molecule has 1 atom stereocenters. The second kappa shape index (κ2) is 7.48. The van der Waals surface area contributed by atoms with Crippen molar-refractivity contribution in [3.8, 4) is 0 Å².